The summed E-state index contributed by atoms with van der Waals surface area (Å²) < 4.78 is 31.7. The number of aliphatic imine (C=N–C) groups is 1. The Morgan fingerprint density at radius 2 is 1.48 bits per heavy atom. The van der Waals surface area contributed by atoms with Crippen LogP contribution in [0.15, 0.2) is 4.99 Å². The maximum absolute atomic E-state index is 12.8. The normalized spacial score (nSPS) is 15.7. The first-order valence-corrected chi connectivity index (χ1v) is 13.8. The summed E-state index contributed by atoms with van der Waals surface area (Å²) in [5, 5.41) is 44.1. The number of hydrogen-bond acceptors (Lipinski definition) is 11. The molecule has 4 atom stereocenters. The summed E-state index contributed by atoms with van der Waals surface area (Å²) in [6.07, 6.45) is -5.06. The number of alkyl halides is 3. The molecule has 14 N–H and O–H groups in total. The molecule has 24 heteroatoms. The number of halogens is 3. The van der Waals surface area contributed by atoms with Crippen molar-refractivity contribution in [2.45, 2.75) is 62.4 Å². The van der Waals surface area contributed by atoms with Gasteiger partial charge in [-0.3, -0.25) is 33.8 Å². The van der Waals surface area contributed by atoms with E-state index in [9.17, 15) is 62.1 Å². The molecule has 1 heterocycles. The van der Waals surface area contributed by atoms with Gasteiger partial charge in [0.15, 0.2) is 5.96 Å². The number of aliphatic hydroxyl groups excluding tert-OH is 1. The molecule has 1 rings (SSSR count). The van der Waals surface area contributed by atoms with Crippen LogP contribution in [-0.2, 0) is 38.4 Å². The average Bonchev–Trinajstić information content (AvgIpc) is 3.49. The maximum atomic E-state index is 12.8. The van der Waals surface area contributed by atoms with Crippen molar-refractivity contribution in [1.82, 2.24) is 26.2 Å². The molecule has 0 aromatic carbocycles. The molecule has 0 aromatic rings. The van der Waals surface area contributed by atoms with Crippen LogP contribution in [0.1, 0.15) is 32.1 Å². The Morgan fingerprint density at radius 1 is 0.896 bits per heavy atom. The zero-order valence-corrected chi connectivity index (χ0v) is 25.2. The van der Waals surface area contributed by atoms with E-state index >= 15 is 0 Å². The summed E-state index contributed by atoms with van der Waals surface area (Å²) in [5.41, 5.74) is 15.7. The summed E-state index contributed by atoms with van der Waals surface area (Å²) in [5.74, 6) is -10.1. The molecule has 0 radical (unpaired) electrons. The molecule has 5 amide bonds. The van der Waals surface area contributed by atoms with Gasteiger partial charge < -0.3 is 63.8 Å². The van der Waals surface area contributed by atoms with Crippen molar-refractivity contribution in [2.75, 3.05) is 32.8 Å². The van der Waals surface area contributed by atoms with E-state index in [4.69, 9.17) is 27.1 Å². The molecule has 0 bridgehead atoms. The van der Waals surface area contributed by atoms with E-state index in [0.717, 1.165) is 4.90 Å². The van der Waals surface area contributed by atoms with Crippen LogP contribution >= 0.6 is 0 Å². The number of nitrogens with two attached hydrogens (primary N) is 3. The summed E-state index contributed by atoms with van der Waals surface area (Å²) >= 11 is 0. The summed E-state index contributed by atoms with van der Waals surface area (Å²) in [7, 11) is 0. The predicted octanol–water partition coefficient (Wildman–Crippen LogP) is -5.25. The number of rotatable bonds is 17. The summed E-state index contributed by atoms with van der Waals surface area (Å²) in [4.78, 5) is 98.5. The van der Waals surface area contributed by atoms with E-state index in [1.165, 1.54) is 0 Å². The van der Waals surface area contributed by atoms with Gasteiger partial charge in [0.25, 0.3) is 0 Å². The molecule has 4 unspecified atom stereocenters. The summed E-state index contributed by atoms with van der Waals surface area (Å²) in [6, 6.07) is -5.57. The second-order valence-corrected chi connectivity index (χ2v) is 9.78. The van der Waals surface area contributed by atoms with Crippen LogP contribution in [0.4, 0.5) is 13.2 Å². The van der Waals surface area contributed by atoms with Crippen LogP contribution in [0.3, 0.4) is 0 Å². The lowest BCUT2D eigenvalue weighted by Crippen LogP contribution is -2.58. The Morgan fingerprint density at radius 3 is 1.96 bits per heavy atom. The molecule has 1 saturated heterocycles. The SMILES string of the molecule is NCC(=O)NC(CCCN=C(N)N)C(=O)NCC(=O)NC(CC(=O)O)C(=O)NC(CO)C(=O)N1CCCC1C(=O)O.O=C(O)C(F)(F)F. The van der Waals surface area contributed by atoms with Gasteiger partial charge >= 0.3 is 24.1 Å². The van der Waals surface area contributed by atoms with E-state index in [-0.39, 0.29) is 38.3 Å². The molecule has 272 valence electrons. The van der Waals surface area contributed by atoms with Crippen molar-refractivity contribution in [3.05, 3.63) is 0 Å². The van der Waals surface area contributed by atoms with Crippen molar-refractivity contribution in [3.63, 3.8) is 0 Å². The van der Waals surface area contributed by atoms with Crippen molar-refractivity contribution in [2.24, 2.45) is 22.2 Å². The number of carbonyl (C=O) groups excluding carboxylic acids is 5. The van der Waals surface area contributed by atoms with Gasteiger partial charge in [0, 0.05) is 13.1 Å². The molecular weight excluding hydrogens is 663 g/mol. The monoisotopic (exact) mass is 701 g/mol. The Hall–Kier alpha value is -5.26. The zero-order chi connectivity index (χ0) is 37.2. The lowest BCUT2D eigenvalue weighted by Gasteiger charge is -2.27. The molecule has 1 aliphatic heterocycles. The molecule has 1 fully saturated rings. The fourth-order valence-corrected chi connectivity index (χ4v) is 3.89. The first kappa shape index (κ1) is 42.7. The van der Waals surface area contributed by atoms with Gasteiger partial charge in [-0.15, -0.1) is 0 Å². The van der Waals surface area contributed by atoms with Crippen LogP contribution in [0.5, 0.6) is 0 Å². The van der Waals surface area contributed by atoms with Crippen LogP contribution in [0.2, 0.25) is 0 Å². The number of amides is 5. The van der Waals surface area contributed by atoms with Crippen molar-refractivity contribution in [1.29, 1.82) is 0 Å². The quantitative estimate of drug-likeness (QED) is 0.0383. The minimum atomic E-state index is -5.08. The Balaban J connectivity index is 0.00000282. The number of carboxylic acids is 3. The third kappa shape index (κ3) is 16.3. The third-order valence-electron chi connectivity index (χ3n) is 6.10. The number of carbonyl (C=O) groups is 8. The van der Waals surface area contributed by atoms with E-state index < -0.39 is 104 Å². The second kappa shape index (κ2) is 20.8. The third-order valence-corrected chi connectivity index (χ3v) is 6.10. The van der Waals surface area contributed by atoms with Gasteiger partial charge in [0.2, 0.25) is 29.5 Å². The lowest BCUT2D eigenvalue weighted by molar-refractivity contribution is -0.192. The highest BCUT2D eigenvalue weighted by molar-refractivity contribution is 5.96. The highest BCUT2D eigenvalue weighted by Gasteiger charge is 2.39. The standard InChI is InChI=1S/C22H37N9O10.C2HF3O2/c23-8-15(33)28-11(3-1-5-26-22(24)25)18(37)27-9-16(34)29-12(7-17(35)36)19(38)30-13(10-32)20(39)31-6-2-4-14(31)21(40)41;3-2(4,5)1(6)7/h11-14,32H,1-10,23H2,(H,27,37)(H,28,33)(H,29,34)(H,30,38)(H,35,36)(H,40,41)(H4,24,25,26);(H,6,7). The number of nitrogens with zero attached hydrogens (tertiary/aromatic N) is 2. The van der Waals surface area contributed by atoms with Gasteiger partial charge in [-0.2, -0.15) is 13.2 Å². The molecule has 0 saturated carbocycles. The number of aliphatic hydroxyl groups is 1. The Kier molecular flexibility index (Phi) is 18.5. The molecule has 0 spiro atoms. The minimum absolute atomic E-state index is 0.0797. The van der Waals surface area contributed by atoms with Crippen LogP contribution in [0, 0.1) is 0 Å². The smallest absolute Gasteiger partial charge is 0.481 e. The van der Waals surface area contributed by atoms with E-state index in [2.05, 4.69) is 26.3 Å². The molecule has 1 aliphatic rings. The Bertz CT molecular complexity index is 1210. The van der Waals surface area contributed by atoms with E-state index in [1.54, 1.807) is 0 Å². The van der Waals surface area contributed by atoms with Crippen molar-refractivity contribution in [3.8, 4) is 0 Å². The molecular formula is C24H38F3N9O12. The van der Waals surface area contributed by atoms with Gasteiger partial charge in [-0.25, -0.2) is 9.59 Å². The van der Waals surface area contributed by atoms with Crippen LogP contribution in [-0.4, -0.2) is 142 Å². The highest BCUT2D eigenvalue weighted by atomic mass is 19.4. The fourth-order valence-electron chi connectivity index (χ4n) is 3.89. The lowest BCUT2D eigenvalue weighted by atomic mass is 10.1. The first-order valence-electron chi connectivity index (χ1n) is 13.8. The van der Waals surface area contributed by atoms with E-state index in [0.29, 0.717) is 6.42 Å². The van der Waals surface area contributed by atoms with Crippen molar-refractivity contribution >= 4 is 53.4 Å². The van der Waals surface area contributed by atoms with Gasteiger partial charge in [-0.05, 0) is 25.7 Å². The number of nitrogens with one attached hydrogen (secondary N) is 4. The number of carboxylic acid groups (broad SMARTS) is 3. The molecule has 0 aliphatic carbocycles. The maximum Gasteiger partial charge on any atom is 0.490 e. The predicted molar refractivity (Wildman–Crippen MR) is 153 cm³/mol. The fraction of sp³-hybridized carbons (Fsp3) is 0.625. The van der Waals surface area contributed by atoms with Crippen LogP contribution < -0.4 is 38.5 Å². The second-order valence-electron chi connectivity index (χ2n) is 9.78. The zero-order valence-electron chi connectivity index (χ0n) is 25.2. The average molecular weight is 702 g/mol. The molecule has 48 heavy (non-hydrogen) atoms. The van der Waals surface area contributed by atoms with E-state index in [1.807, 2.05) is 0 Å². The highest BCUT2D eigenvalue weighted by Crippen LogP contribution is 2.18. The van der Waals surface area contributed by atoms with Crippen LogP contribution in [0.25, 0.3) is 0 Å². The van der Waals surface area contributed by atoms with Gasteiger partial charge in [0.05, 0.1) is 26.1 Å². The van der Waals surface area contributed by atoms with Gasteiger partial charge in [0.1, 0.15) is 24.2 Å². The number of guanidine groups is 1. The number of likely N-dealkylation sites (tertiary alicyclic amines) is 1. The summed E-state index contributed by atoms with van der Waals surface area (Å²) in [6.45, 7) is -1.81. The Labute approximate surface area is 269 Å². The number of hydrogen-bond donors (Lipinski definition) is 11. The molecule has 21 nitrogen and oxygen atoms in total. The molecule has 0 aromatic heterocycles. The van der Waals surface area contributed by atoms with Crippen molar-refractivity contribution < 1.29 is 72.0 Å². The number of aliphatic carboxylic acids is 3. The minimum Gasteiger partial charge on any atom is -0.481 e. The largest absolute Gasteiger partial charge is 0.490 e. The first-order chi connectivity index (χ1) is 22.2. The topological polar surface area (TPSA) is 359 Å². The van der Waals surface area contributed by atoms with Gasteiger partial charge in [-0.1, -0.05) is 0 Å².